The molecule has 0 atom stereocenters. The molecule has 0 amide bonds. The molecular formula is C18H22FN3O5. The highest BCUT2D eigenvalue weighted by molar-refractivity contribution is 5.91. The number of H-pyrrole nitrogens is 1. The van der Waals surface area contributed by atoms with Crippen molar-refractivity contribution in [2.75, 3.05) is 31.7 Å². The van der Waals surface area contributed by atoms with Gasteiger partial charge in [0.2, 0.25) is 0 Å². The molecule has 1 saturated heterocycles. The molecule has 1 aromatic heterocycles. The summed E-state index contributed by atoms with van der Waals surface area (Å²) >= 11 is 0. The first-order valence-corrected chi connectivity index (χ1v) is 9.02. The predicted molar refractivity (Wildman–Crippen MR) is 97.1 cm³/mol. The molecule has 8 nitrogen and oxygen atoms in total. The quantitative estimate of drug-likeness (QED) is 0.714. The highest BCUT2D eigenvalue weighted by Crippen LogP contribution is 2.43. The Morgan fingerprint density at radius 3 is 2.56 bits per heavy atom. The van der Waals surface area contributed by atoms with E-state index in [1.54, 1.807) is 4.90 Å². The van der Waals surface area contributed by atoms with Crippen molar-refractivity contribution in [2.24, 2.45) is 0 Å². The number of hydrogen-bond donors (Lipinski definition) is 3. The fraction of sp³-hybridized carbons (Fsp3) is 0.556. The zero-order valence-corrected chi connectivity index (χ0v) is 15.0. The molecule has 0 unspecified atom stereocenters. The Morgan fingerprint density at radius 1 is 1.33 bits per heavy atom. The molecule has 0 bridgehead atoms. The van der Waals surface area contributed by atoms with E-state index in [0.29, 0.717) is 18.6 Å². The van der Waals surface area contributed by atoms with E-state index >= 15 is 0 Å². The molecule has 27 heavy (non-hydrogen) atoms. The van der Waals surface area contributed by atoms with Gasteiger partial charge in [0.05, 0.1) is 24.7 Å². The normalized spacial score (nSPS) is 19.5. The Bertz CT molecular complexity index is 1000. The lowest BCUT2D eigenvalue weighted by Crippen LogP contribution is -2.47. The van der Waals surface area contributed by atoms with E-state index in [1.165, 1.54) is 11.7 Å². The molecule has 1 aromatic carbocycles. The van der Waals surface area contributed by atoms with E-state index in [4.69, 9.17) is 4.74 Å². The van der Waals surface area contributed by atoms with E-state index in [-0.39, 0.29) is 42.3 Å². The highest BCUT2D eigenvalue weighted by Gasteiger charge is 2.35. The first kappa shape index (κ1) is 18.0. The number of hydrogen-bond acceptors (Lipinski definition) is 6. The Morgan fingerprint density at radius 2 is 2.00 bits per heavy atom. The van der Waals surface area contributed by atoms with Gasteiger partial charge in [-0.15, -0.1) is 0 Å². The third kappa shape index (κ3) is 2.90. The van der Waals surface area contributed by atoms with Gasteiger partial charge in [-0.2, -0.15) is 0 Å². The van der Waals surface area contributed by atoms with Crippen molar-refractivity contribution < 1.29 is 19.3 Å². The Hall–Kier alpha value is -2.39. The number of methoxy groups -OCH3 is 1. The molecule has 2 fully saturated rings. The van der Waals surface area contributed by atoms with E-state index in [2.05, 4.69) is 4.98 Å². The number of aliphatic hydroxyl groups is 2. The van der Waals surface area contributed by atoms with Crippen molar-refractivity contribution in [3.63, 3.8) is 0 Å². The van der Waals surface area contributed by atoms with Gasteiger partial charge in [-0.1, -0.05) is 0 Å². The average molecular weight is 379 g/mol. The number of aromatic amines is 1. The monoisotopic (exact) mass is 379 g/mol. The highest BCUT2D eigenvalue weighted by atomic mass is 19.1. The van der Waals surface area contributed by atoms with Crippen LogP contribution in [0.2, 0.25) is 0 Å². The zero-order valence-electron chi connectivity index (χ0n) is 15.0. The molecule has 0 radical (unpaired) electrons. The van der Waals surface area contributed by atoms with Crippen LogP contribution in [0.3, 0.4) is 0 Å². The van der Waals surface area contributed by atoms with Crippen LogP contribution in [-0.2, 0) is 0 Å². The first-order chi connectivity index (χ1) is 12.9. The molecule has 0 spiro atoms. The number of halogens is 1. The number of piperidine rings is 1. The lowest BCUT2D eigenvalue weighted by molar-refractivity contribution is -0.0326. The maximum atomic E-state index is 15.0. The van der Waals surface area contributed by atoms with Crippen molar-refractivity contribution in [1.82, 2.24) is 9.55 Å². The molecule has 3 N–H and O–H groups in total. The van der Waals surface area contributed by atoms with Crippen LogP contribution in [0, 0.1) is 5.82 Å². The average Bonchev–Trinajstić information content (AvgIpc) is 3.47. The molecule has 1 aliphatic heterocycles. The Labute approximate surface area is 153 Å². The van der Waals surface area contributed by atoms with Gasteiger partial charge in [0.15, 0.2) is 11.6 Å². The van der Waals surface area contributed by atoms with Gasteiger partial charge in [0.1, 0.15) is 11.2 Å². The number of nitrogens with one attached hydrogen (secondary N) is 1. The molecule has 2 aliphatic rings. The van der Waals surface area contributed by atoms with Gasteiger partial charge in [0, 0.05) is 19.1 Å². The third-order valence-electron chi connectivity index (χ3n) is 5.53. The number of aromatic nitrogens is 2. The van der Waals surface area contributed by atoms with E-state index in [1.807, 2.05) is 0 Å². The molecule has 9 heteroatoms. The van der Waals surface area contributed by atoms with Gasteiger partial charge in [-0.3, -0.25) is 14.3 Å². The van der Waals surface area contributed by atoms with Crippen LogP contribution in [0.5, 0.6) is 5.75 Å². The lowest BCUT2D eigenvalue weighted by atomic mass is 9.92. The summed E-state index contributed by atoms with van der Waals surface area (Å²) in [4.78, 5) is 28.6. The number of anilines is 1. The topological polar surface area (TPSA) is 108 Å². The molecule has 4 rings (SSSR count). The minimum Gasteiger partial charge on any atom is -0.492 e. The molecule has 146 valence electrons. The number of benzene rings is 1. The maximum Gasteiger partial charge on any atom is 0.329 e. The Kier molecular flexibility index (Phi) is 4.23. The molecule has 1 aliphatic carbocycles. The van der Waals surface area contributed by atoms with Crippen molar-refractivity contribution in [2.45, 2.75) is 37.3 Å². The van der Waals surface area contributed by atoms with Crippen molar-refractivity contribution in [1.29, 1.82) is 0 Å². The van der Waals surface area contributed by atoms with E-state index < -0.39 is 22.7 Å². The minimum absolute atomic E-state index is 0.0371. The summed E-state index contributed by atoms with van der Waals surface area (Å²) in [6, 6.07) is 1.10. The summed E-state index contributed by atoms with van der Waals surface area (Å²) in [6.07, 6.45) is 2.16. The standard InChI is InChI=1S/C18H22FN3O5/c1-27-15-13-11(16(24)20-17(25)22(13)10-2-3-10)8-12(19)14(15)21-6-4-18(26,9-23)5-7-21/h8,10,23,26H,2-7,9H2,1H3,(H,20,24,25). The number of nitrogens with zero attached hydrogens (tertiary/aromatic N) is 2. The number of aliphatic hydroxyl groups excluding tert-OH is 1. The van der Waals surface area contributed by atoms with Crippen LogP contribution in [0.1, 0.15) is 31.7 Å². The molecular weight excluding hydrogens is 357 g/mol. The van der Waals surface area contributed by atoms with Crippen LogP contribution in [0.25, 0.3) is 10.9 Å². The van der Waals surface area contributed by atoms with Gasteiger partial charge in [-0.05, 0) is 31.7 Å². The molecule has 1 saturated carbocycles. The Balaban J connectivity index is 1.92. The maximum absolute atomic E-state index is 15.0. The van der Waals surface area contributed by atoms with Gasteiger partial charge in [-0.25, -0.2) is 9.18 Å². The van der Waals surface area contributed by atoms with Crippen LogP contribution in [0.15, 0.2) is 15.7 Å². The van der Waals surface area contributed by atoms with Gasteiger partial charge in [0.25, 0.3) is 5.56 Å². The fourth-order valence-electron chi connectivity index (χ4n) is 3.82. The predicted octanol–water partition coefficient (Wildman–Crippen LogP) is 0.496. The van der Waals surface area contributed by atoms with Gasteiger partial charge < -0.3 is 19.8 Å². The van der Waals surface area contributed by atoms with Crippen molar-refractivity contribution in [3.8, 4) is 5.75 Å². The van der Waals surface area contributed by atoms with E-state index in [9.17, 15) is 24.2 Å². The lowest BCUT2D eigenvalue weighted by Gasteiger charge is -2.38. The fourth-order valence-corrected chi connectivity index (χ4v) is 3.82. The summed E-state index contributed by atoms with van der Waals surface area (Å²) in [7, 11) is 1.38. The van der Waals surface area contributed by atoms with Crippen molar-refractivity contribution >= 4 is 16.6 Å². The zero-order chi connectivity index (χ0) is 19.3. The van der Waals surface area contributed by atoms with Crippen LogP contribution >= 0.6 is 0 Å². The van der Waals surface area contributed by atoms with Crippen LogP contribution in [-0.4, -0.2) is 52.2 Å². The number of ether oxygens (including phenoxy) is 1. The largest absolute Gasteiger partial charge is 0.492 e. The van der Waals surface area contributed by atoms with Crippen LogP contribution < -0.4 is 20.9 Å². The second kappa shape index (κ2) is 6.35. The second-order valence-electron chi connectivity index (χ2n) is 7.37. The van der Waals surface area contributed by atoms with Crippen molar-refractivity contribution in [3.05, 3.63) is 32.7 Å². The molecule has 2 heterocycles. The van der Waals surface area contributed by atoms with Gasteiger partial charge >= 0.3 is 5.69 Å². The van der Waals surface area contributed by atoms with E-state index in [0.717, 1.165) is 18.9 Å². The second-order valence-corrected chi connectivity index (χ2v) is 7.37. The SMILES string of the molecule is COc1c(N2CCC(O)(CO)CC2)c(F)cc2c(=O)[nH]c(=O)n(C3CC3)c12. The summed E-state index contributed by atoms with van der Waals surface area (Å²) in [6.45, 7) is 0.272. The minimum atomic E-state index is -1.18. The number of fused-ring (bicyclic) bond motifs is 1. The summed E-state index contributed by atoms with van der Waals surface area (Å²) < 4.78 is 22.0. The summed E-state index contributed by atoms with van der Waals surface area (Å²) in [5.74, 6) is -0.477. The number of rotatable bonds is 4. The third-order valence-corrected chi connectivity index (χ3v) is 5.53. The molecule has 2 aromatic rings. The van der Waals surface area contributed by atoms with Crippen LogP contribution in [0.4, 0.5) is 10.1 Å². The smallest absolute Gasteiger partial charge is 0.329 e. The summed E-state index contributed by atoms with van der Waals surface area (Å²) in [5.41, 5.74) is -1.88. The summed E-state index contributed by atoms with van der Waals surface area (Å²) in [5, 5.41) is 19.6. The first-order valence-electron chi connectivity index (χ1n) is 9.02.